The number of hydrogen-bond acceptors (Lipinski definition) is 4. The summed E-state index contributed by atoms with van der Waals surface area (Å²) in [6, 6.07) is 0. The molecule has 120 valence electrons. The van der Waals surface area contributed by atoms with Crippen LogP contribution in [-0.2, 0) is 13.1 Å². The standard InChI is InChI=1S/C17H26N4O/c1-13(2)17-19-16(12-22-17)11-20-7-4-5-15(9-20)10-21-8-6-18-14(21)3/h6,8,12-13,15H,4-5,7,9-11H2,1-3H3. The first kappa shape index (κ1) is 15.3. The molecule has 0 saturated carbocycles. The van der Waals surface area contributed by atoms with Gasteiger partial charge in [0.15, 0.2) is 5.89 Å². The maximum Gasteiger partial charge on any atom is 0.196 e. The summed E-state index contributed by atoms with van der Waals surface area (Å²) >= 11 is 0. The van der Waals surface area contributed by atoms with E-state index in [9.17, 15) is 0 Å². The number of hydrogen-bond donors (Lipinski definition) is 0. The summed E-state index contributed by atoms with van der Waals surface area (Å²) in [5.74, 6) is 3.00. The molecule has 1 unspecified atom stereocenters. The van der Waals surface area contributed by atoms with E-state index < -0.39 is 0 Å². The molecule has 5 heteroatoms. The highest BCUT2D eigenvalue weighted by Gasteiger charge is 2.21. The second-order valence-electron chi connectivity index (χ2n) is 6.70. The van der Waals surface area contributed by atoms with Gasteiger partial charge in [-0.05, 0) is 32.2 Å². The van der Waals surface area contributed by atoms with E-state index in [1.165, 1.54) is 12.8 Å². The zero-order chi connectivity index (χ0) is 15.5. The molecule has 1 saturated heterocycles. The van der Waals surface area contributed by atoms with Crippen molar-refractivity contribution in [3.8, 4) is 0 Å². The molecule has 0 radical (unpaired) electrons. The summed E-state index contributed by atoms with van der Waals surface area (Å²) in [5.41, 5.74) is 1.06. The number of aromatic nitrogens is 3. The smallest absolute Gasteiger partial charge is 0.196 e. The van der Waals surface area contributed by atoms with Crippen LogP contribution in [0.25, 0.3) is 0 Å². The van der Waals surface area contributed by atoms with Gasteiger partial charge in [-0.3, -0.25) is 4.90 Å². The second kappa shape index (κ2) is 6.65. The summed E-state index contributed by atoms with van der Waals surface area (Å²) in [5, 5.41) is 0. The van der Waals surface area contributed by atoms with Gasteiger partial charge >= 0.3 is 0 Å². The Bertz CT molecular complexity index is 601. The predicted molar refractivity (Wildman–Crippen MR) is 85.6 cm³/mol. The third-order valence-corrected chi connectivity index (χ3v) is 4.43. The van der Waals surface area contributed by atoms with E-state index in [4.69, 9.17) is 4.42 Å². The van der Waals surface area contributed by atoms with Crippen LogP contribution < -0.4 is 0 Å². The average molecular weight is 302 g/mol. The highest BCUT2D eigenvalue weighted by atomic mass is 16.3. The van der Waals surface area contributed by atoms with Gasteiger partial charge in [-0.2, -0.15) is 0 Å². The van der Waals surface area contributed by atoms with Gasteiger partial charge in [-0.1, -0.05) is 13.8 Å². The Balaban J connectivity index is 1.57. The summed E-state index contributed by atoms with van der Waals surface area (Å²) in [4.78, 5) is 11.4. The van der Waals surface area contributed by atoms with E-state index in [0.29, 0.717) is 11.8 Å². The number of piperidine rings is 1. The lowest BCUT2D eigenvalue weighted by molar-refractivity contribution is 0.154. The molecule has 0 bridgehead atoms. The van der Waals surface area contributed by atoms with Gasteiger partial charge in [0.1, 0.15) is 12.1 Å². The van der Waals surface area contributed by atoms with Crippen molar-refractivity contribution in [3.05, 3.63) is 36.1 Å². The summed E-state index contributed by atoms with van der Waals surface area (Å²) in [6.45, 7) is 10.5. The largest absolute Gasteiger partial charge is 0.448 e. The summed E-state index contributed by atoms with van der Waals surface area (Å²) < 4.78 is 7.81. The number of aryl methyl sites for hydroxylation is 1. The molecule has 1 atom stereocenters. The topological polar surface area (TPSA) is 47.1 Å². The SMILES string of the molecule is Cc1nccn1CC1CCCN(Cc2coc(C(C)C)n2)C1. The number of imidazole rings is 1. The van der Waals surface area contributed by atoms with Gasteiger partial charge in [-0.15, -0.1) is 0 Å². The molecule has 0 aromatic carbocycles. The van der Waals surface area contributed by atoms with E-state index >= 15 is 0 Å². The van der Waals surface area contributed by atoms with Crippen LogP contribution in [0.15, 0.2) is 23.1 Å². The second-order valence-corrected chi connectivity index (χ2v) is 6.70. The molecule has 3 heterocycles. The van der Waals surface area contributed by atoms with Crippen LogP contribution in [0.5, 0.6) is 0 Å². The Morgan fingerprint density at radius 2 is 2.27 bits per heavy atom. The molecule has 0 aliphatic carbocycles. The molecular formula is C17H26N4O. The lowest BCUT2D eigenvalue weighted by Gasteiger charge is -2.32. The van der Waals surface area contributed by atoms with Crippen LogP contribution in [0.3, 0.4) is 0 Å². The first-order chi connectivity index (χ1) is 10.6. The van der Waals surface area contributed by atoms with Gasteiger partial charge in [0.25, 0.3) is 0 Å². The molecular weight excluding hydrogens is 276 g/mol. The molecule has 1 fully saturated rings. The average Bonchev–Trinajstić information content (AvgIpc) is 3.10. The van der Waals surface area contributed by atoms with Crippen molar-refractivity contribution in [2.24, 2.45) is 5.92 Å². The third-order valence-electron chi connectivity index (χ3n) is 4.43. The third kappa shape index (κ3) is 3.58. The van der Waals surface area contributed by atoms with Crippen molar-refractivity contribution >= 4 is 0 Å². The van der Waals surface area contributed by atoms with Crippen molar-refractivity contribution in [1.29, 1.82) is 0 Å². The van der Waals surface area contributed by atoms with Crippen molar-refractivity contribution in [3.63, 3.8) is 0 Å². The summed E-state index contributed by atoms with van der Waals surface area (Å²) in [7, 11) is 0. The number of rotatable bonds is 5. The van der Waals surface area contributed by atoms with E-state index in [2.05, 4.69) is 46.4 Å². The number of oxazole rings is 1. The van der Waals surface area contributed by atoms with Gasteiger partial charge in [0.2, 0.25) is 0 Å². The van der Waals surface area contributed by atoms with Gasteiger partial charge in [-0.25, -0.2) is 9.97 Å². The maximum absolute atomic E-state index is 5.55. The number of likely N-dealkylation sites (tertiary alicyclic amines) is 1. The lowest BCUT2D eigenvalue weighted by atomic mass is 9.98. The molecule has 2 aromatic rings. The fourth-order valence-electron chi connectivity index (χ4n) is 3.21. The highest BCUT2D eigenvalue weighted by molar-refractivity contribution is 4.99. The van der Waals surface area contributed by atoms with Crippen molar-refractivity contribution in [2.45, 2.75) is 52.6 Å². The monoisotopic (exact) mass is 302 g/mol. The first-order valence-electron chi connectivity index (χ1n) is 8.26. The Labute approximate surface area is 132 Å². The molecule has 1 aliphatic heterocycles. The zero-order valence-electron chi connectivity index (χ0n) is 13.8. The van der Waals surface area contributed by atoms with E-state index in [0.717, 1.165) is 43.6 Å². The minimum atomic E-state index is 0.354. The maximum atomic E-state index is 5.55. The van der Waals surface area contributed by atoms with Gasteiger partial charge in [0.05, 0.1) is 5.69 Å². The van der Waals surface area contributed by atoms with Gasteiger partial charge in [0, 0.05) is 37.9 Å². The Morgan fingerprint density at radius 3 is 2.95 bits per heavy atom. The minimum absolute atomic E-state index is 0.354. The minimum Gasteiger partial charge on any atom is -0.448 e. The molecule has 5 nitrogen and oxygen atoms in total. The van der Waals surface area contributed by atoms with Crippen LogP contribution in [0, 0.1) is 12.8 Å². The normalized spacial score (nSPS) is 19.9. The number of nitrogens with zero attached hydrogens (tertiary/aromatic N) is 4. The highest BCUT2D eigenvalue weighted by Crippen LogP contribution is 2.21. The van der Waals surface area contributed by atoms with Crippen molar-refractivity contribution in [2.75, 3.05) is 13.1 Å². The van der Waals surface area contributed by atoms with Crippen LogP contribution in [0.2, 0.25) is 0 Å². The molecule has 22 heavy (non-hydrogen) atoms. The Hall–Kier alpha value is -1.62. The molecule has 3 rings (SSSR count). The quantitative estimate of drug-likeness (QED) is 0.851. The van der Waals surface area contributed by atoms with E-state index in [1.54, 1.807) is 0 Å². The lowest BCUT2D eigenvalue weighted by Crippen LogP contribution is -2.36. The van der Waals surface area contributed by atoms with Crippen molar-refractivity contribution < 1.29 is 4.42 Å². The molecule has 0 N–H and O–H groups in total. The van der Waals surface area contributed by atoms with Crippen LogP contribution in [0.1, 0.15) is 50.0 Å². The Kier molecular flexibility index (Phi) is 4.62. The summed E-state index contributed by atoms with van der Waals surface area (Å²) in [6.07, 6.45) is 8.34. The van der Waals surface area contributed by atoms with Crippen molar-refractivity contribution in [1.82, 2.24) is 19.4 Å². The zero-order valence-corrected chi connectivity index (χ0v) is 13.8. The fourth-order valence-corrected chi connectivity index (χ4v) is 3.21. The predicted octanol–water partition coefficient (Wildman–Crippen LogP) is 3.22. The first-order valence-corrected chi connectivity index (χ1v) is 8.26. The van der Waals surface area contributed by atoms with Crippen LogP contribution in [0.4, 0.5) is 0 Å². The van der Waals surface area contributed by atoms with E-state index in [-0.39, 0.29) is 0 Å². The van der Waals surface area contributed by atoms with Gasteiger partial charge < -0.3 is 8.98 Å². The fraction of sp³-hybridized carbons (Fsp3) is 0.647. The van der Waals surface area contributed by atoms with E-state index in [1.807, 2.05) is 12.5 Å². The van der Waals surface area contributed by atoms with Crippen LogP contribution in [-0.4, -0.2) is 32.5 Å². The molecule has 1 aliphatic rings. The molecule has 2 aromatic heterocycles. The Morgan fingerprint density at radius 1 is 1.41 bits per heavy atom. The van der Waals surface area contributed by atoms with Crippen LogP contribution >= 0.6 is 0 Å². The molecule has 0 amide bonds. The molecule has 0 spiro atoms.